The van der Waals surface area contributed by atoms with E-state index in [-0.39, 0.29) is 12.5 Å². The normalized spacial score (nSPS) is 21.8. The van der Waals surface area contributed by atoms with Gasteiger partial charge in [-0.15, -0.1) is 0 Å². The van der Waals surface area contributed by atoms with Gasteiger partial charge >= 0.3 is 0 Å². The second-order valence-corrected chi connectivity index (χ2v) is 5.58. The van der Waals surface area contributed by atoms with Gasteiger partial charge in [0.2, 0.25) is 5.91 Å². The Kier molecular flexibility index (Phi) is 5.00. The number of rotatable bonds is 4. The summed E-state index contributed by atoms with van der Waals surface area (Å²) in [5.41, 5.74) is 1.48. The second-order valence-electron chi connectivity index (χ2n) is 5.58. The number of carbonyl (C=O) groups excluding carboxylic acids is 1. The predicted octanol–water partition coefficient (Wildman–Crippen LogP) is 2.67. The lowest BCUT2D eigenvalue weighted by Crippen LogP contribution is -2.40. The molecule has 4 nitrogen and oxygen atoms in total. The molecule has 2 rings (SSSR count). The van der Waals surface area contributed by atoms with Gasteiger partial charge in [-0.2, -0.15) is 5.26 Å². The van der Waals surface area contributed by atoms with E-state index in [1.54, 1.807) is 12.1 Å². The van der Waals surface area contributed by atoms with Crippen molar-refractivity contribution in [2.24, 2.45) is 5.92 Å². The van der Waals surface area contributed by atoms with Gasteiger partial charge in [0, 0.05) is 11.7 Å². The van der Waals surface area contributed by atoms with Crippen molar-refractivity contribution in [2.45, 2.75) is 38.6 Å². The number of carbonyl (C=O) groups is 1. The summed E-state index contributed by atoms with van der Waals surface area (Å²) in [4.78, 5) is 11.9. The van der Waals surface area contributed by atoms with Crippen molar-refractivity contribution in [1.82, 2.24) is 5.32 Å². The second kappa shape index (κ2) is 6.95. The lowest BCUT2D eigenvalue weighted by molar-refractivity contribution is -0.120. The number of nitrogens with zero attached hydrogens (tertiary/aromatic N) is 1. The molecular weight excluding hydrogens is 250 g/mol. The fraction of sp³-hybridized carbons (Fsp3) is 0.500. The standard InChI is InChI=1S/C16H21N3O/c1-12-3-2-4-15(9-12)19-16(20)11-18-14-7-5-13(10-17)6-8-14/h5-8,12,15,18H,2-4,9,11H2,1H3,(H,19,20)/t12-,15+/m1/s1. The highest BCUT2D eigenvalue weighted by atomic mass is 16.1. The highest BCUT2D eigenvalue weighted by molar-refractivity contribution is 5.81. The van der Waals surface area contributed by atoms with Crippen LogP contribution in [0.15, 0.2) is 24.3 Å². The van der Waals surface area contributed by atoms with Crippen LogP contribution in [0.4, 0.5) is 5.69 Å². The predicted molar refractivity (Wildman–Crippen MR) is 79.2 cm³/mol. The molecule has 2 atom stereocenters. The molecule has 4 heteroatoms. The zero-order valence-electron chi connectivity index (χ0n) is 11.9. The van der Waals surface area contributed by atoms with E-state index in [1.165, 1.54) is 12.8 Å². The molecule has 1 aromatic rings. The van der Waals surface area contributed by atoms with Gasteiger partial charge in [-0.25, -0.2) is 0 Å². The maximum Gasteiger partial charge on any atom is 0.239 e. The van der Waals surface area contributed by atoms with Gasteiger partial charge < -0.3 is 10.6 Å². The Morgan fingerprint density at radius 1 is 1.35 bits per heavy atom. The minimum Gasteiger partial charge on any atom is -0.376 e. The van der Waals surface area contributed by atoms with Gasteiger partial charge in [0.25, 0.3) is 0 Å². The third-order valence-corrected chi connectivity index (χ3v) is 3.77. The average molecular weight is 271 g/mol. The summed E-state index contributed by atoms with van der Waals surface area (Å²) in [6, 6.07) is 9.50. The van der Waals surface area contributed by atoms with Gasteiger partial charge in [-0.3, -0.25) is 4.79 Å². The van der Waals surface area contributed by atoms with Crippen molar-refractivity contribution in [1.29, 1.82) is 5.26 Å². The third kappa shape index (κ3) is 4.27. The number of amides is 1. The third-order valence-electron chi connectivity index (χ3n) is 3.77. The highest BCUT2D eigenvalue weighted by Gasteiger charge is 2.19. The van der Waals surface area contributed by atoms with Crippen LogP contribution in [0.5, 0.6) is 0 Å². The van der Waals surface area contributed by atoms with E-state index in [1.807, 2.05) is 12.1 Å². The molecule has 106 valence electrons. The van der Waals surface area contributed by atoms with Crippen LogP contribution >= 0.6 is 0 Å². The topological polar surface area (TPSA) is 64.9 Å². The Labute approximate surface area is 120 Å². The summed E-state index contributed by atoms with van der Waals surface area (Å²) in [5.74, 6) is 0.744. The lowest BCUT2D eigenvalue weighted by atomic mass is 9.87. The zero-order valence-corrected chi connectivity index (χ0v) is 11.9. The summed E-state index contributed by atoms with van der Waals surface area (Å²) in [6.45, 7) is 2.52. The summed E-state index contributed by atoms with van der Waals surface area (Å²) in [7, 11) is 0. The summed E-state index contributed by atoms with van der Waals surface area (Å²) in [6.07, 6.45) is 4.65. The van der Waals surface area contributed by atoms with E-state index in [0.717, 1.165) is 18.5 Å². The SMILES string of the molecule is C[C@@H]1CCC[C@H](NC(=O)CNc2ccc(C#N)cc2)C1. The molecule has 1 aromatic carbocycles. The average Bonchev–Trinajstić information content (AvgIpc) is 2.46. The number of nitriles is 1. The van der Waals surface area contributed by atoms with Crippen LogP contribution < -0.4 is 10.6 Å². The van der Waals surface area contributed by atoms with Crippen LogP contribution in [-0.4, -0.2) is 18.5 Å². The van der Waals surface area contributed by atoms with Crippen LogP contribution in [0.3, 0.4) is 0 Å². The van der Waals surface area contributed by atoms with Crippen molar-refractivity contribution < 1.29 is 4.79 Å². The van der Waals surface area contributed by atoms with Crippen molar-refractivity contribution in [3.63, 3.8) is 0 Å². The smallest absolute Gasteiger partial charge is 0.239 e. The highest BCUT2D eigenvalue weighted by Crippen LogP contribution is 2.23. The molecule has 0 radical (unpaired) electrons. The summed E-state index contributed by atoms with van der Waals surface area (Å²) in [5, 5.41) is 14.9. The molecule has 0 saturated heterocycles. The number of anilines is 1. The molecule has 0 unspecified atom stereocenters. The quantitative estimate of drug-likeness (QED) is 0.885. The van der Waals surface area contributed by atoms with Crippen molar-refractivity contribution >= 4 is 11.6 Å². The first-order valence-electron chi connectivity index (χ1n) is 7.21. The molecule has 1 aliphatic rings. The fourth-order valence-electron chi connectivity index (χ4n) is 2.69. The van der Waals surface area contributed by atoms with Crippen molar-refractivity contribution in [3.05, 3.63) is 29.8 Å². The molecule has 0 aliphatic heterocycles. The monoisotopic (exact) mass is 271 g/mol. The number of hydrogen-bond donors (Lipinski definition) is 2. The maximum atomic E-state index is 11.9. The largest absolute Gasteiger partial charge is 0.376 e. The van der Waals surface area contributed by atoms with Crippen molar-refractivity contribution in [2.75, 3.05) is 11.9 Å². The Hall–Kier alpha value is -2.02. The van der Waals surface area contributed by atoms with Gasteiger partial charge in [-0.1, -0.05) is 19.8 Å². The van der Waals surface area contributed by atoms with Gasteiger partial charge in [0.1, 0.15) is 0 Å². The van der Waals surface area contributed by atoms with E-state index in [0.29, 0.717) is 17.5 Å². The molecule has 0 spiro atoms. The van der Waals surface area contributed by atoms with Gasteiger partial charge in [-0.05, 0) is 43.0 Å². The summed E-state index contributed by atoms with van der Waals surface area (Å²) < 4.78 is 0. The first-order valence-corrected chi connectivity index (χ1v) is 7.21. The van der Waals surface area contributed by atoms with Crippen molar-refractivity contribution in [3.8, 4) is 6.07 Å². The van der Waals surface area contributed by atoms with E-state index < -0.39 is 0 Å². The molecule has 0 heterocycles. The van der Waals surface area contributed by atoms with Gasteiger partial charge in [0.05, 0.1) is 18.2 Å². The van der Waals surface area contributed by atoms with Crippen LogP contribution in [0.25, 0.3) is 0 Å². The van der Waals surface area contributed by atoms with Crippen LogP contribution in [0, 0.1) is 17.2 Å². The number of hydrogen-bond acceptors (Lipinski definition) is 3. The van der Waals surface area contributed by atoms with Gasteiger partial charge in [0.15, 0.2) is 0 Å². The minimum atomic E-state index is 0.0356. The lowest BCUT2D eigenvalue weighted by Gasteiger charge is -2.27. The fourth-order valence-corrected chi connectivity index (χ4v) is 2.69. The molecule has 1 amide bonds. The first kappa shape index (κ1) is 14.4. The first-order chi connectivity index (χ1) is 9.67. The van der Waals surface area contributed by atoms with Crippen LogP contribution in [0.1, 0.15) is 38.2 Å². The molecule has 0 aromatic heterocycles. The Morgan fingerprint density at radius 2 is 2.10 bits per heavy atom. The van der Waals surface area contributed by atoms with E-state index >= 15 is 0 Å². The Balaban J connectivity index is 1.75. The molecular formula is C16H21N3O. The zero-order chi connectivity index (χ0) is 14.4. The summed E-state index contributed by atoms with van der Waals surface area (Å²) >= 11 is 0. The minimum absolute atomic E-state index is 0.0356. The Bertz CT molecular complexity index is 489. The Morgan fingerprint density at radius 3 is 2.75 bits per heavy atom. The van der Waals surface area contributed by atoms with Crippen LogP contribution in [0.2, 0.25) is 0 Å². The van der Waals surface area contributed by atoms with E-state index in [9.17, 15) is 4.79 Å². The molecule has 2 N–H and O–H groups in total. The number of benzene rings is 1. The van der Waals surface area contributed by atoms with E-state index in [2.05, 4.69) is 23.6 Å². The molecule has 1 saturated carbocycles. The van der Waals surface area contributed by atoms with Crippen LogP contribution in [-0.2, 0) is 4.79 Å². The molecule has 1 fully saturated rings. The number of nitrogens with one attached hydrogen (secondary N) is 2. The molecule has 0 bridgehead atoms. The van der Waals surface area contributed by atoms with E-state index in [4.69, 9.17) is 5.26 Å². The molecule has 1 aliphatic carbocycles. The maximum absolute atomic E-state index is 11.9. The molecule has 20 heavy (non-hydrogen) atoms.